The van der Waals surface area contributed by atoms with Crippen LogP contribution in [0.2, 0.25) is 0 Å². The van der Waals surface area contributed by atoms with Crippen molar-refractivity contribution in [3.05, 3.63) is 23.8 Å². The summed E-state index contributed by atoms with van der Waals surface area (Å²) in [5, 5.41) is 9.27. The van der Waals surface area contributed by atoms with Gasteiger partial charge in [-0.3, -0.25) is 9.59 Å². The molecular formula is C17H23N3O2S. The van der Waals surface area contributed by atoms with E-state index in [-0.39, 0.29) is 23.8 Å². The first kappa shape index (κ1) is 16.3. The van der Waals surface area contributed by atoms with Crippen LogP contribution in [0.5, 0.6) is 0 Å². The van der Waals surface area contributed by atoms with E-state index in [0.717, 1.165) is 47.8 Å². The molecule has 2 amide bonds. The number of aryl methyl sites for hydroxylation is 1. The van der Waals surface area contributed by atoms with Gasteiger partial charge in [-0.2, -0.15) is 11.8 Å². The Morgan fingerprint density at radius 1 is 1.30 bits per heavy atom. The predicted molar refractivity (Wildman–Crippen MR) is 94.9 cm³/mol. The molecule has 1 unspecified atom stereocenters. The molecule has 0 bridgehead atoms. The molecule has 23 heavy (non-hydrogen) atoms. The van der Waals surface area contributed by atoms with E-state index in [2.05, 4.69) is 16.0 Å². The summed E-state index contributed by atoms with van der Waals surface area (Å²) in [5.74, 6) is 2.35. The van der Waals surface area contributed by atoms with Crippen molar-refractivity contribution < 1.29 is 9.59 Å². The Balaban J connectivity index is 1.59. The third-order valence-electron chi connectivity index (χ3n) is 4.16. The van der Waals surface area contributed by atoms with Gasteiger partial charge in [0.2, 0.25) is 11.8 Å². The molecule has 1 aliphatic carbocycles. The summed E-state index contributed by atoms with van der Waals surface area (Å²) in [4.78, 5) is 24.1. The topological polar surface area (TPSA) is 70.2 Å². The lowest BCUT2D eigenvalue weighted by molar-refractivity contribution is -0.117. The van der Waals surface area contributed by atoms with Crippen molar-refractivity contribution in [1.29, 1.82) is 0 Å². The molecular weight excluding hydrogens is 310 g/mol. The average molecular weight is 333 g/mol. The Hall–Kier alpha value is -1.53. The second kappa shape index (κ2) is 7.36. The van der Waals surface area contributed by atoms with E-state index in [1.54, 1.807) is 0 Å². The maximum Gasteiger partial charge on any atom is 0.227 e. The van der Waals surface area contributed by atoms with Gasteiger partial charge in [-0.25, -0.2) is 0 Å². The van der Waals surface area contributed by atoms with Crippen molar-refractivity contribution in [2.75, 3.05) is 28.7 Å². The Bertz CT molecular complexity index is 596. The number of thioether (sulfide) groups is 1. The molecule has 1 atom stereocenters. The Labute approximate surface area is 141 Å². The van der Waals surface area contributed by atoms with E-state index < -0.39 is 0 Å². The van der Waals surface area contributed by atoms with Crippen molar-refractivity contribution in [3.8, 4) is 0 Å². The van der Waals surface area contributed by atoms with Crippen molar-refractivity contribution >= 4 is 35.0 Å². The average Bonchev–Trinajstić information content (AvgIpc) is 3.36. The number of hydrogen-bond acceptors (Lipinski definition) is 4. The summed E-state index contributed by atoms with van der Waals surface area (Å²) >= 11 is 1.88. The molecule has 1 aliphatic heterocycles. The first-order valence-corrected chi connectivity index (χ1v) is 9.30. The maximum absolute atomic E-state index is 12.2. The Morgan fingerprint density at radius 2 is 2.13 bits per heavy atom. The summed E-state index contributed by atoms with van der Waals surface area (Å²) in [6, 6.07) is 5.89. The number of anilines is 2. The lowest BCUT2D eigenvalue weighted by Crippen LogP contribution is -2.39. The van der Waals surface area contributed by atoms with Crippen LogP contribution in [0.4, 0.5) is 11.4 Å². The fourth-order valence-corrected chi connectivity index (χ4v) is 3.55. The molecule has 1 heterocycles. The molecule has 0 spiro atoms. The van der Waals surface area contributed by atoms with Crippen molar-refractivity contribution in [3.63, 3.8) is 0 Å². The summed E-state index contributed by atoms with van der Waals surface area (Å²) < 4.78 is 0. The molecule has 1 aromatic rings. The molecule has 2 fully saturated rings. The number of carbonyl (C=O) groups is 2. The predicted octanol–water partition coefficient (Wildman–Crippen LogP) is 2.38. The van der Waals surface area contributed by atoms with E-state index in [4.69, 9.17) is 0 Å². The van der Waals surface area contributed by atoms with Gasteiger partial charge in [0.05, 0.1) is 0 Å². The minimum Gasteiger partial charge on any atom is -0.326 e. The van der Waals surface area contributed by atoms with Crippen molar-refractivity contribution in [2.45, 2.75) is 32.2 Å². The standard InChI is InChI=1S/C17H23N3O2S/c1-11-2-5-13(19-17(22)12-3-4-12)8-15(11)20-16(21)9-14-10-23-7-6-18-14/h2,5,8,12,14,18H,3-4,6-7,9-10H2,1H3,(H,19,22)(H,20,21). The van der Waals surface area contributed by atoms with E-state index in [1.165, 1.54) is 0 Å². The number of rotatable bonds is 5. The van der Waals surface area contributed by atoms with Crippen LogP contribution in [0, 0.1) is 12.8 Å². The lowest BCUT2D eigenvalue weighted by atomic mass is 10.1. The third kappa shape index (κ3) is 4.72. The molecule has 124 valence electrons. The van der Waals surface area contributed by atoms with Crippen LogP contribution in [0.15, 0.2) is 18.2 Å². The molecule has 3 N–H and O–H groups in total. The number of amides is 2. The zero-order chi connectivity index (χ0) is 16.2. The van der Waals surface area contributed by atoms with Gasteiger partial charge in [0.15, 0.2) is 0 Å². The van der Waals surface area contributed by atoms with Gasteiger partial charge in [-0.05, 0) is 37.5 Å². The quantitative estimate of drug-likeness (QED) is 0.774. The highest BCUT2D eigenvalue weighted by atomic mass is 32.2. The van der Waals surface area contributed by atoms with Crippen LogP contribution in [0.1, 0.15) is 24.8 Å². The molecule has 1 saturated carbocycles. The summed E-state index contributed by atoms with van der Waals surface area (Å²) in [6.07, 6.45) is 2.44. The van der Waals surface area contributed by atoms with Crippen molar-refractivity contribution in [1.82, 2.24) is 5.32 Å². The highest BCUT2D eigenvalue weighted by Crippen LogP contribution is 2.30. The van der Waals surface area contributed by atoms with Crippen LogP contribution >= 0.6 is 11.8 Å². The first-order chi connectivity index (χ1) is 11.1. The van der Waals surface area contributed by atoms with Crippen LogP contribution < -0.4 is 16.0 Å². The largest absolute Gasteiger partial charge is 0.326 e. The van der Waals surface area contributed by atoms with Gasteiger partial charge in [0.25, 0.3) is 0 Å². The second-order valence-electron chi connectivity index (χ2n) is 6.27. The van der Waals surface area contributed by atoms with Crippen LogP contribution in [-0.4, -0.2) is 35.9 Å². The zero-order valence-corrected chi connectivity index (χ0v) is 14.2. The molecule has 1 saturated heterocycles. The van der Waals surface area contributed by atoms with E-state index >= 15 is 0 Å². The molecule has 2 aliphatic rings. The van der Waals surface area contributed by atoms with Gasteiger partial charge < -0.3 is 16.0 Å². The molecule has 0 aromatic heterocycles. The maximum atomic E-state index is 12.2. The van der Waals surface area contributed by atoms with Gasteiger partial charge in [0.1, 0.15) is 0 Å². The first-order valence-electron chi connectivity index (χ1n) is 8.14. The fraction of sp³-hybridized carbons (Fsp3) is 0.529. The number of carbonyl (C=O) groups excluding carboxylic acids is 2. The number of nitrogens with one attached hydrogen (secondary N) is 3. The lowest BCUT2D eigenvalue weighted by Gasteiger charge is -2.22. The zero-order valence-electron chi connectivity index (χ0n) is 13.4. The third-order valence-corrected chi connectivity index (χ3v) is 5.29. The highest BCUT2D eigenvalue weighted by molar-refractivity contribution is 7.99. The SMILES string of the molecule is Cc1ccc(NC(=O)C2CC2)cc1NC(=O)CC1CSCCN1. The summed E-state index contributed by atoms with van der Waals surface area (Å²) in [7, 11) is 0. The molecule has 5 nitrogen and oxygen atoms in total. The summed E-state index contributed by atoms with van der Waals surface area (Å²) in [5.41, 5.74) is 2.51. The molecule has 1 aromatic carbocycles. The second-order valence-corrected chi connectivity index (χ2v) is 7.42. The minimum absolute atomic E-state index is 0.0127. The molecule has 6 heteroatoms. The Morgan fingerprint density at radius 3 is 2.83 bits per heavy atom. The van der Waals surface area contributed by atoms with E-state index in [0.29, 0.717) is 6.42 Å². The molecule has 3 rings (SSSR count). The van der Waals surface area contributed by atoms with Gasteiger partial charge in [0, 0.05) is 47.8 Å². The van der Waals surface area contributed by atoms with E-state index in [9.17, 15) is 9.59 Å². The minimum atomic E-state index is 0.0127. The fourth-order valence-electron chi connectivity index (χ4n) is 2.60. The van der Waals surface area contributed by atoms with E-state index in [1.807, 2.05) is 36.9 Å². The van der Waals surface area contributed by atoms with Gasteiger partial charge in [-0.15, -0.1) is 0 Å². The van der Waals surface area contributed by atoms with Crippen LogP contribution in [0.25, 0.3) is 0 Å². The van der Waals surface area contributed by atoms with Crippen molar-refractivity contribution in [2.24, 2.45) is 5.92 Å². The van der Waals surface area contributed by atoms with Crippen LogP contribution in [-0.2, 0) is 9.59 Å². The van der Waals surface area contributed by atoms with Crippen LogP contribution in [0.3, 0.4) is 0 Å². The van der Waals surface area contributed by atoms with Gasteiger partial charge >= 0.3 is 0 Å². The number of hydrogen-bond donors (Lipinski definition) is 3. The highest BCUT2D eigenvalue weighted by Gasteiger charge is 2.29. The smallest absolute Gasteiger partial charge is 0.227 e. The monoisotopic (exact) mass is 333 g/mol. The Kier molecular flexibility index (Phi) is 5.23. The molecule has 0 radical (unpaired) electrons. The normalized spacial score (nSPS) is 20.8. The van der Waals surface area contributed by atoms with Gasteiger partial charge in [-0.1, -0.05) is 6.07 Å². The summed E-state index contributed by atoms with van der Waals surface area (Å²) in [6.45, 7) is 2.92. The number of benzene rings is 1.